The Kier molecular flexibility index (Phi) is 4.78. The molecule has 118 valence electrons. The van der Waals surface area contributed by atoms with Crippen LogP contribution < -0.4 is 4.74 Å². The van der Waals surface area contributed by atoms with E-state index in [-0.39, 0.29) is 0 Å². The summed E-state index contributed by atoms with van der Waals surface area (Å²) < 4.78 is 8.41. The molecule has 0 amide bonds. The van der Waals surface area contributed by atoms with Crippen LogP contribution in [0.3, 0.4) is 0 Å². The molecule has 1 fully saturated rings. The Morgan fingerprint density at radius 2 is 2.27 bits per heavy atom. The van der Waals surface area contributed by atoms with Gasteiger partial charge in [-0.3, -0.25) is 9.58 Å². The summed E-state index contributed by atoms with van der Waals surface area (Å²) in [7, 11) is 3.65. The van der Waals surface area contributed by atoms with Gasteiger partial charge in [0.2, 0.25) is 0 Å². The second kappa shape index (κ2) is 6.79. The number of hydrogen-bond donors (Lipinski definition) is 0. The Hall–Kier alpha value is -1.40. The lowest BCUT2D eigenvalue weighted by molar-refractivity contribution is 0.253. The zero-order valence-corrected chi connectivity index (χ0v) is 14.6. The molecule has 1 unspecified atom stereocenters. The Morgan fingerprint density at radius 3 is 3.00 bits per heavy atom. The monoisotopic (exact) mass is 364 g/mol. The van der Waals surface area contributed by atoms with Gasteiger partial charge in [-0.25, -0.2) is 0 Å². The number of rotatable bonds is 5. The molecule has 22 heavy (non-hydrogen) atoms. The van der Waals surface area contributed by atoms with Crippen molar-refractivity contribution in [3.8, 4) is 5.75 Å². The SMILES string of the molecule is COc1ccc(Br)cc1C1CCCN1CCc1cn(C)nn1. The average Bonchev–Trinajstić information content (AvgIpc) is 3.13. The highest BCUT2D eigenvalue weighted by molar-refractivity contribution is 9.10. The molecule has 0 bridgehead atoms. The normalized spacial score (nSPS) is 18.8. The van der Waals surface area contributed by atoms with E-state index in [0.717, 1.165) is 35.4 Å². The van der Waals surface area contributed by atoms with Crippen LogP contribution in [0, 0.1) is 0 Å². The van der Waals surface area contributed by atoms with E-state index >= 15 is 0 Å². The number of methoxy groups -OCH3 is 1. The fourth-order valence-corrected chi connectivity index (χ4v) is 3.56. The molecule has 1 aromatic heterocycles. The van der Waals surface area contributed by atoms with E-state index in [9.17, 15) is 0 Å². The molecule has 1 saturated heterocycles. The molecular weight excluding hydrogens is 344 g/mol. The van der Waals surface area contributed by atoms with E-state index in [4.69, 9.17) is 4.74 Å². The maximum Gasteiger partial charge on any atom is 0.123 e. The first-order valence-electron chi connectivity index (χ1n) is 7.60. The van der Waals surface area contributed by atoms with E-state index in [1.165, 1.54) is 18.4 Å². The zero-order valence-electron chi connectivity index (χ0n) is 13.0. The van der Waals surface area contributed by atoms with E-state index in [1.54, 1.807) is 11.8 Å². The number of aromatic nitrogens is 3. The van der Waals surface area contributed by atoms with Crippen molar-refractivity contribution in [3.05, 3.63) is 40.1 Å². The second-order valence-electron chi connectivity index (χ2n) is 5.71. The second-order valence-corrected chi connectivity index (χ2v) is 6.63. The number of ether oxygens (including phenoxy) is 1. The number of benzene rings is 1. The van der Waals surface area contributed by atoms with Gasteiger partial charge in [0.1, 0.15) is 5.75 Å². The Bertz CT molecular complexity index is 643. The van der Waals surface area contributed by atoms with E-state index in [2.05, 4.69) is 37.2 Å². The predicted octanol–water partition coefficient (Wildman–Crippen LogP) is 2.97. The molecule has 1 aromatic carbocycles. The van der Waals surface area contributed by atoms with Gasteiger partial charge in [-0.05, 0) is 37.6 Å². The summed E-state index contributed by atoms with van der Waals surface area (Å²) in [5.74, 6) is 0.972. The number of aryl methyl sites for hydroxylation is 1. The first-order valence-corrected chi connectivity index (χ1v) is 8.39. The molecule has 0 aliphatic carbocycles. The molecule has 2 aromatic rings. The summed E-state index contributed by atoms with van der Waals surface area (Å²) in [6.45, 7) is 2.12. The number of hydrogen-bond acceptors (Lipinski definition) is 4. The number of halogens is 1. The Morgan fingerprint density at radius 1 is 1.41 bits per heavy atom. The van der Waals surface area contributed by atoms with Crippen LogP contribution in [0.4, 0.5) is 0 Å². The van der Waals surface area contributed by atoms with Gasteiger partial charge in [-0.1, -0.05) is 21.1 Å². The van der Waals surface area contributed by atoms with Gasteiger partial charge < -0.3 is 4.74 Å². The van der Waals surface area contributed by atoms with Crippen LogP contribution in [-0.2, 0) is 13.5 Å². The topological polar surface area (TPSA) is 43.2 Å². The minimum absolute atomic E-state index is 0.420. The van der Waals surface area contributed by atoms with Crippen LogP contribution in [0.2, 0.25) is 0 Å². The molecule has 5 nitrogen and oxygen atoms in total. The van der Waals surface area contributed by atoms with Gasteiger partial charge in [0, 0.05) is 42.3 Å². The van der Waals surface area contributed by atoms with Crippen LogP contribution >= 0.6 is 15.9 Å². The highest BCUT2D eigenvalue weighted by Gasteiger charge is 2.28. The molecule has 0 N–H and O–H groups in total. The van der Waals surface area contributed by atoms with Crippen molar-refractivity contribution in [2.24, 2.45) is 7.05 Å². The molecule has 1 aliphatic heterocycles. The van der Waals surface area contributed by atoms with Gasteiger partial charge in [-0.15, -0.1) is 5.10 Å². The maximum atomic E-state index is 5.55. The van der Waals surface area contributed by atoms with Crippen LogP contribution in [-0.4, -0.2) is 40.1 Å². The molecule has 1 aliphatic rings. The molecule has 1 atom stereocenters. The van der Waals surface area contributed by atoms with Gasteiger partial charge in [-0.2, -0.15) is 0 Å². The van der Waals surface area contributed by atoms with E-state index in [0.29, 0.717) is 6.04 Å². The van der Waals surface area contributed by atoms with Crippen molar-refractivity contribution in [1.29, 1.82) is 0 Å². The highest BCUT2D eigenvalue weighted by Crippen LogP contribution is 2.38. The maximum absolute atomic E-state index is 5.55. The molecule has 0 radical (unpaired) electrons. The minimum Gasteiger partial charge on any atom is -0.496 e. The molecule has 6 heteroatoms. The van der Waals surface area contributed by atoms with Gasteiger partial charge in [0.25, 0.3) is 0 Å². The van der Waals surface area contributed by atoms with Gasteiger partial charge in [0.15, 0.2) is 0 Å². The quantitative estimate of drug-likeness (QED) is 0.817. The summed E-state index contributed by atoms with van der Waals surface area (Å²) >= 11 is 3.58. The summed E-state index contributed by atoms with van der Waals surface area (Å²) in [4.78, 5) is 2.53. The molecule has 0 saturated carbocycles. The zero-order chi connectivity index (χ0) is 15.5. The summed E-state index contributed by atoms with van der Waals surface area (Å²) in [6, 6.07) is 6.67. The first kappa shape index (κ1) is 15.5. The van der Waals surface area contributed by atoms with Crippen LogP contribution in [0.15, 0.2) is 28.9 Å². The fraction of sp³-hybridized carbons (Fsp3) is 0.500. The smallest absolute Gasteiger partial charge is 0.123 e. The minimum atomic E-state index is 0.420. The lowest BCUT2D eigenvalue weighted by Gasteiger charge is -2.26. The third-order valence-electron chi connectivity index (χ3n) is 4.22. The number of likely N-dealkylation sites (tertiary alicyclic amines) is 1. The molecule has 2 heterocycles. The standard InChI is InChI=1S/C16H21BrN4O/c1-20-11-13(18-19-20)7-9-21-8-3-4-15(21)14-10-12(17)5-6-16(14)22-2/h5-6,10-11,15H,3-4,7-9H2,1-2H3. The Balaban J connectivity index is 1.74. The summed E-state index contributed by atoms with van der Waals surface area (Å²) in [5, 5.41) is 8.18. The lowest BCUT2D eigenvalue weighted by Crippen LogP contribution is -2.26. The van der Waals surface area contributed by atoms with Crippen molar-refractivity contribution < 1.29 is 4.74 Å². The van der Waals surface area contributed by atoms with Gasteiger partial charge >= 0.3 is 0 Å². The van der Waals surface area contributed by atoms with Crippen LogP contribution in [0.25, 0.3) is 0 Å². The largest absolute Gasteiger partial charge is 0.496 e. The van der Waals surface area contributed by atoms with Crippen molar-refractivity contribution in [3.63, 3.8) is 0 Å². The van der Waals surface area contributed by atoms with E-state index in [1.807, 2.05) is 25.4 Å². The van der Waals surface area contributed by atoms with Crippen LogP contribution in [0.5, 0.6) is 5.75 Å². The summed E-state index contributed by atoms with van der Waals surface area (Å²) in [5.41, 5.74) is 2.32. The summed E-state index contributed by atoms with van der Waals surface area (Å²) in [6.07, 6.45) is 5.32. The molecule has 3 rings (SSSR count). The third kappa shape index (κ3) is 3.33. The number of nitrogens with zero attached hydrogens (tertiary/aromatic N) is 4. The lowest BCUT2D eigenvalue weighted by atomic mass is 10.0. The van der Waals surface area contributed by atoms with Crippen molar-refractivity contribution >= 4 is 15.9 Å². The molecule has 0 spiro atoms. The van der Waals surface area contributed by atoms with Gasteiger partial charge in [0.05, 0.1) is 12.8 Å². The fourth-order valence-electron chi connectivity index (χ4n) is 3.18. The van der Waals surface area contributed by atoms with Crippen molar-refractivity contribution in [2.75, 3.05) is 20.2 Å². The van der Waals surface area contributed by atoms with Crippen LogP contribution in [0.1, 0.15) is 30.1 Å². The predicted molar refractivity (Wildman–Crippen MR) is 88.9 cm³/mol. The van der Waals surface area contributed by atoms with Crippen molar-refractivity contribution in [1.82, 2.24) is 19.9 Å². The Labute approximate surface area is 139 Å². The average molecular weight is 365 g/mol. The third-order valence-corrected chi connectivity index (χ3v) is 4.71. The van der Waals surface area contributed by atoms with Crippen molar-refractivity contribution in [2.45, 2.75) is 25.3 Å². The van der Waals surface area contributed by atoms with E-state index < -0.39 is 0 Å². The highest BCUT2D eigenvalue weighted by atomic mass is 79.9. The first-order chi connectivity index (χ1) is 10.7. The molecular formula is C16H21BrN4O.